The van der Waals surface area contributed by atoms with E-state index in [4.69, 9.17) is 4.74 Å². The molecule has 0 saturated carbocycles. The van der Waals surface area contributed by atoms with Gasteiger partial charge in [0.25, 0.3) is 0 Å². The number of aromatic nitrogens is 3. The topological polar surface area (TPSA) is 83.7 Å². The van der Waals surface area contributed by atoms with Crippen LogP contribution >= 0.6 is 0 Å². The highest BCUT2D eigenvalue weighted by molar-refractivity contribution is 5.76. The number of aryl methyl sites for hydroxylation is 1. The predicted molar refractivity (Wildman–Crippen MR) is 123 cm³/mol. The number of rotatable bonds is 6. The summed E-state index contributed by atoms with van der Waals surface area (Å²) in [6.07, 6.45) is -2.15. The average Bonchev–Trinajstić information content (AvgIpc) is 3.25. The summed E-state index contributed by atoms with van der Waals surface area (Å²) in [5, 5.41) is 17.8. The molecule has 0 bridgehead atoms. The van der Waals surface area contributed by atoms with E-state index in [1.807, 2.05) is 25.8 Å². The standard InChI is InChI=1S/C24H34F3N5O3/c1-17-12-31(18(2)15-33)23(34)8-5-9-32-21(11-28-29-32)16-35-22(17)14-30(3)13-19-6-4-7-20(10-19)24(25,26)27/h4,6-7,10-11,17-18,22,33H,5,8-9,12-16H2,1-3H3/t17-,18+,22+/m1/s1. The van der Waals surface area contributed by atoms with Crippen LogP contribution in [0, 0.1) is 5.92 Å². The molecule has 0 spiro atoms. The highest BCUT2D eigenvalue weighted by Crippen LogP contribution is 2.30. The Kier molecular flexibility index (Phi) is 9.26. The third-order valence-corrected chi connectivity index (χ3v) is 6.34. The molecular formula is C24H34F3N5O3. The lowest BCUT2D eigenvalue weighted by Crippen LogP contribution is -2.47. The summed E-state index contributed by atoms with van der Waals surface area (Å²) in [5.41, 5.74) is 0.680. The number of likely N-dealkylation sites (N-methyl/N-ethyl adjacent to an activating group) is 1. The number of amides is 1. The van der Waals surface area contributed by atoms with Crippen LogP contribution in [-0.4, -0.2) is 74.7 Å². The maximum absolute atomic E-state index is 13.1. The van der Waals surface area contributed by atoms with Gasteiger partial charge in [0.1, 0.15) is 0 Å². The van der Waals surface area contributed by atoms with E-state index < -0.39 is 11.7 Å². The smallest absolute Gasteiger partial charge is 0.394 e. The average molecular weight is 498 g/mol. The van der Waals surface area contributed by atoms with Gasteiger partial charge in [-0.1, -0.05) is 30.3 Å². The fourth-order valence-electron chi connectivity index (χ4n) is 4.28. The molecule has 1 aromatic heterocycles. The van der Waals surface area contributed by atoms with Gasteiger partial charge in [0, 0.05) is 38.5 Å². The van der Waals surface area contributed by atoms with Gasteiger partial charge in [0.15, 0.2) is 0 Å². The molecular weight excluding hydrogens is 463 g/mol. The molecule has 0 saturated heterocycles. The van der Waals surface area contributed by atoms with E-state index in [0.29, 0.717) is 44.6 Å². The van der Waals surface area contributed by atoms with Crippen molar-refractivity contribution in [2.45, 2.75) is 64.7 Å². The van der Waals surface area contributed by atoms with Gasteiger partial charge in [-0.25, -0.2) is 4.68 Å². The zero-order valence-electron chi connectivity index (χ0n) is 20.4. The Labute approximate surface area is 203 Å². The van der Waals surface area contributed by atoms with Crippen LogP contribution in [-0.2, 0) is 35.4 Å². The molecule has 1 amide bonds. The van der Waals surface area contributed by atoms with Gasteiger partial charge in [-0.05, 0) is 32.0 Å². The first-order valence-corrected chi connectivity index (χ1v) is 11.8. The van der Waals surface area contributed by atoms with E-state index in [-0.39, 0.29) is 37.2 Å². The van der Waals surface area contributed by atoms with Crippen LogP contribution in [0.4, 0.5) is 13.2 Å². The van der Waals surface area contributed by atoms with E-state index in [2.05, 4.69) is 10.3 Å². The number of aliphatic hydroxyl groups excluding tert-OH is 1. The first kappa shape index (κ1) is 27.1. The molecule has 0 unspecified atom stereocenters. The number of hydrogen-bond donors (Lipinski definition) is 1. The number of fused-ring (bicyclic) bond motifs is 1. The van der Waals surface area contributed by atoms with Crippen molar-refractivity contribution < 1.29 is 27.8 Å². The van der Waals surface area contributed by atoms with Gasteiger partial charge < -0.3 is 14.7 Å². The maximum Gasteiger partial charge on any atom is 0.416 e. The van der Waals surface area contributed by atoms with E-state index >= 15 is 0 Å². The number of benzene rings is 1. The normalized spacial score (nSPS) is 21.4. The summed E-state index contributed by atoms with van der Waals surface area (Å²) in [6, 6.07) is 4.97. The summed E-state index contributed by atoms with van der Waals surface area (Å²) in [4.78, 5) is 16.5. The molecule has 2 aromatic rings. The van der Waals surface area contributed by atoms with E-state index in [0.717, 1.165) is 17.8 Å². The van der Waals surface area contributed by atoms with Gasteiger partial charge in [0.2, 0.25) is 5.91 Å². The van der Waals surface area contributed by atoms with E-state index in [1.165, 1.54) is 6.07 Å². The molecule has 1 aromatic carbocycles. The highest BCUT2D eigenvalue weighted by atomic mass is 19.4. The molecule has 3 atom stereocenters. The van der Waals surface area contributed by atoms with E-state index in [9.17, 15) is 23.1 Å². The van der Waals surface area contributed by atoms with Crippen molar-refractivity contribution in [3.8, 4) is 0 Å². The monoisotopic (exact) mass is 497 g/mol. The lowest BCUT2D eigenvalue weighted by atomic mass is 10.0. The van der Waals surface area contributed by atoms with Gasteiger partial charge >= 0.3 is 6.18 Å². The van der Waals surface area contributed by atoms with Crippen molar-refractivity contribution in [3.63, 3.8) is 0 Å². The van der Waals surface area contributed by atoms with Gasteiger partial charge in [0.05, 0.1) is 42.8 Å². The third-order valence-electron chi connectivity index (χ3n) is 6.34. The fourth-order valence-corrected chi connectivity index (χ4v) is 4.28. The summed E-state index contributed by atoms with van der Waals surface area (Å²) in [5.74, 6) is -0.141. The summed E-state index contributed by atoms with van der Waals surface area (Å²) in [7, 11) is 1.83. The van der Waals surface area contributed by atoms with Crippen LogP contribution in [0.5, 0.6) is 0 Å². The summed E-state index contributed by atoms with van der Waals surface area (Å²) >= 11 is 0. The van der Waals surface area contributed by atoms with Gasteiger partial charge in [-0.15, -0.1) is 5.10 Å². The van der Waals surface area contributed by atoms with Crippen molar-refractivity contribution in [1.29, 1.82) is 0 Å². The maximum atomic E-state index is 13.1. The molecule has 0 fully saturated rings. The molecule has 1 N–H and O–H groups in total. The molecule has 194 valence electrons. The Morgan fingerprint density at radius 1 is 1.34 bits per heavy atom. The summed E-state index contributed by atoms with van der Waals surface area (Å²) < 4.78 is 47.3. The van der Waals surface area contributed by atoms with Crippen LogP contribution in [0.3, 0.4) is 0 Å². The van der Waals surface area contributed by atoms with Crippen LogP contribution in [0.1, 0.15) is 43.5 Å². The SMILES string of the molecule is C[C@@H]1CN([C@@H](C)CO)C(=O)CCCn2nncc2CO[C@H]1CN(C)Cc1cccc(C(F)(F)F)c1. The van der Waals surface area contributed by atoms with Crippen molar-refractivity contribution in [2.75, 3.05) is 26.7 Å². The molecule has 1 aliphatic rings. The largest absolute Gasteiger partial charge is 0.416 e. The fraction of sp³-hybridized carbons (Fsp3) is 0.625. The lowest BCUT2D eigenvalue weighted by Gasteiger charge is -2.35. The molecule has 35 heavy (non-hydrogen) atoms. The number of carbonyl (C=O) groups is 1. The van der Waals surface area contributed by atoms with Gasteiger partial charge in [-0.3, -0.25) is 9.69 Å². The Bertz CT molecular complexity index is 968. The second-order valence-electron chi connectivity index (χ2n) is 9.35. The molecule has 3 rings (SSSR count). The number of aliphatic hydroxyl groups is 1. The number of alkyl halides is 3. The van der Waals surface area contributed by atoms with Crippen molar-refractivity contribution >= 4 is 5.91 Å². The highest BCUT2D eigenvalue weighted by Gasteiger charge is 2.31. The minimum absolute atomic E-state index is 0.0447. The third kappa shape index (κ3) is 7.49. The Balaban J connectivity index is 1.78. The van der Waals surface area contributed by atoms with Crippen LogP contribution in [0.25, 0.3) is 0 Å². The number of carbonyl (C=O) groups excluding carboxylic acids is 1. The number of hydrogen-bond acceptors (Lipinski definition) is 6. The molecule has 8 nitrogen and oxygen atoms in total. The van der Waals surface area contributed by atoms with Crippen LogP contribution in [0.2, 0.25) is 0 Å². The minimum atomic E-state index is -4.39. The van der Waals surface area contributed by atoms with Crippen molar-refractivity contribution in [3.05, 3.63) is 47.3 Å². The van der Waals surface area contributed by atoms with E-state index in [1.54, 1.807) is 21.8 Å². The Morgan fingerprint density at radius 2 is 2.11 bits per heavy atom. The molecule has 0 aliphatic carbocycles. The first-order chi connectivity index (χ1) is 16.6. The minimum Gasteiger partial charge on any atom is -0.394 e. The Hall–Kier alpha value is -2.50. The first-order valence-electron chi connectivity index (χ1n) is 11.8. The zero-order valence-corrected chi connectivity index (χ0v) is 20.4. The van der Waals surface area contributed by atoms with Crippen LogP contribution < -0.4 is 0 Å². The quantitative estimate of drug-likeness (QED) is 0.661. The summed E-state index contributed by atoms with van der Waals surface area (Å²) in [6.45, 7) is 5.60. The van der Waals surface area contributed by atoms with Crippen molar-refractivity contribution in [1.82, 2.24) is 24.8 Å². The zero-order chi connectivity index (χ0) is 25.6. The number of ether oxygens (including phenoxy) is 1. The van der Waals surface area contributed by atoms with Crippen LogP contribution in [0.15, 0.2) is 30.5 Å². The number of nitrogens with zero attached hydrogens (tertiary/aromatic N) is 5. The second-order valence-corrected chi connectivity index (χ2v) is 9.35. The molecule has 0 radical (unpaired) electrons. The molecule has 2 heterocycles. The molecule has 1 aliphatic heterocycles. The molecule has 11 heteroatoms. The van der Waals surface area contributed by atoms with Crippen molar-refractivity contribution in [2.24, 2.45) is 5.92 Å². The second kappa shape index (κ2) is 12.0. The number of halogens is 3. The van der Waals surface area contributed by atoms with Gasteiger partial charge in [-0.2, -0.15) is 13.2 Å². The lowest BCUT2D eigenvalue weighted by molar-refractivity contribution is -0.138. The predicted octanol–water partition coefficient (Wildman–Crippen LogP) is 2.95. The Morgan fingerprint density at radius 3 is 2.83 bits per heavy atom.